The lowest BCUT2D eigenvalue weighted by Gasteiger charge is -2.49. The first-order valence-corrected chi connectivity index (χ1v) is 11.9. The fourth-order valence-corrected chi connectivity index (χ4v) is 5.13. The van der Waals surface area contributed by atoms with Crippen molar-refractivity contribution >= 4 is 28.8 Å². The van der Waals surface area contributed by atoms with E-state index < -0.39 is 0 Å². The molecular weight excluding hydrogens is 437 g/mol. The summed E-state index contributed by atoms with van der Waals surface area (Å²) in [5.41, 5.74) is 7.67. The van der Waals surface area contributed by atoms with E-state index >= 15 is 0 Å². The number of halogens is 2. The molecule has 3 aromatic carbocycles. The van der Waals surface area contributed by atoms with Gasteiger partial charge in [-0.1, -0.05) is 90.8 Å². The molecule has 0 saturated carbocycles. The maximum absolute atomic E-state index is 6.47. The third kappa shape index (κ3) is 4.18. The highest BCUT2D eigenvalue weighted by atomic mass is 35.5. The third-order valence-corrected chi connectivity index (χ3v) is 7.29. The zero-order valence-corrected chi connectivity index (χ0v) is 19.7. The van der Waals surface area contributed by atoms with E-state index in [4.69, 9.17) is 23.2 Å². The smallest absolute Gasteiger partial charge is 0.0638 e. The summed E-state index contributed by atoms with van der Waals surface area (Å²) in [5, 5.41) is 9.67. The molecular formula is C27H27Cl2N3. The Morgan fingerprint density at radius 1 is 0.875 bits per heavy atom. The molecule has 2 aliphatic heterocycles. The minimum absolute atomic E-state index is 0.432. The standard InChI is InChI=1S/C27H27Cl2N3/c1-19-16-30-17-25(32-14-13-31(32)18-23-11-6-12-24(28)27(23)29)26(19)22-10-5-9-21(15-22)20-7-3-2-4-8-20/h2-12,15,19,30H,13-14,16-18H2,1H3. The van der Waals surface area contributed by atoms with E-state index in [1.165, 1.54) is 28.0 Å². The van der Waals surface area contributed by atoms with Crippen LogP contribution in [0.2, 0.25) is 10.0 Å². The first-order valence-electron chi connectivity index (χ1n) is 11.2. The van der Waals surface area contributed by atoms with E-state index in [9.17, 15) is 0 Å². The van der Waals surface area contributed by atoms with Crippen LogP contribution in [0.1, 0.15) is 18.1 Å². The molecule has 0 spiro atoms. The molecule has 164 valence electrons. The van der Waals surface area contributed by atoms with Crippen molar-refractivity contribution in [1.82, 2.24) is 15.3 Å². The number of hydrazine groups is 1. The van der Waals surface area contributed by atoms with Crippen LogP contribution in [0.3, 0.4) is 0 Å². The summed E-state index contributed by atoms with van der Waals surface area (Å²) in [6.45, 7) is 6.96. The van der Waals surface area contributed by atoms with Crippen molar-refractivity contribution in [2.45, 2.75) is 13.5 Å². The van der Waals surface area contributed by atoms with Gasteiger partial charge in [-0.15, -0.1) is 0 Å². The zero-order valence-electron chi connectivity index (χ0n) is 18.2. The lowest BCUT2D eigenvalue weighted by molar-refractivity contribution is -0.0901. The van der Waals surface area contributed by atoms with Crippen molar-refractivity contribution in [1.29, 1.82) is 0 Å². The molecule has 0 radical (unpaired) electrons. The first-order chi connectivity index (χ1) is 15.6. The average Bonchev–Trinajstić information content (AvgIpc) is 2.80. The Morgan fingerprint density at radius 2 is 1.62 bits per heavy atom. The number of hydrogen-bond acceptors (Lipinski definition) is 3. The van der Waals surface area contributed by atoms with Crippen LogP contribution in [0.5, 0.6) is 0 Å². The van der Waals surface area contributed by atoms with Gasteiger partial charge in [0.2, 0.25) is 0 Å². The van der Waals surface area contributed by atoms with Gasteiger partial charge < -0.3 is 10.3 Å². The van der Waals surface area contributed by atoms with Gasteiger partial charge in [-0.2, -0.15) is 0 Å². The Hall–Kier alpha value is -2.30. The second-order valence-electron chi connectivity index (χ2n) is 8.56. The Balaban J connectivity index is 1.48. The molecule has 1 unspecified atom stereocenters. The predicted octanol–water partition coefficient (Wildman–Crippen LogP) is 6.34. The summed E-state index contributed by atoms with van der Waals surface area (Å²) >= 11 is 12.7. The number of nitrogens with one attached hydrogen (secondary N) is 1. The van der Waals surface area contributed by atoms with Crippen LogP contribution in [0.15, 0.2) is 78.5 Å². The third-order valence-electron chi connectivity index (χ3n) is 6.43. The fourth-order valence-electron chi connectivity index (χ4n) is 4.75. The van der Waals surface area contributed by atoms with Crippen molar-refractivity contribution in [3.05, 3.63) is 99.7 Å². The summed E-state index contributed by atoms with van der Waals surface area (Å²) in [7, 11) is 0. The molecule has 1 atom stereocenters. The number of rotatable bonds is 5. The maximum atomic E-state index is 6.47. The summed E-state index contributed by atoms with van der Waals surface area (Å²) in [4.78, 5) is 0. The molecule has 3 aromatic rings. The van der Waals surface area contributed by atoms with Crippen LogP contribution >= 0.6 is 23.2 Å². The van der Waals surface area contributed by atoms with Crippen molar-refractivity contribution in [2.24, 2.45) is 5.92 Å². The second-order valence-corrected chi connectivity index (χ2v) is 9.35. The molecule has 0 bridgehead atoms. The van der Waals surface area contributed by atoms with Gasteiger partial charge in [0.25, 0.3) is 0 Å². The van der Waals surface area contributed by atoms with E-state index in [1.54, 1.807) is 0 Å². The fraction of sp³-hybridized carbons (Fsp3) is 0.259. The van der Waals surface area contributed by atoms with Gasteiger partial charge in [-0.3, -0.25) is 0 Å². The van der Waals surface area contributed by atoms with Gasteiger partial charge in [0.15, 0.2) is 0 Å². The largest absolute Gasteiger partial charge is 0.311 e. The maximum Gasteiger partial charge on any atom is 0.0638 e. The highest BCUT2D eigenvalue weighted by Crippen LogP contribution is 2.36. The van der Waals surface area contributed by atoms with E-state index in [-0.39, 0.29) is 0 Å². The zero-order chi connectivity index (χ0) is 22.1. The normalized spacial score (nSPS) is 19.2. The van der Waals surface area contributed by atoms with Crippen molar-refractivity contribution in [3.8, 4) is 11.1 Å². The summed E-state index contributed by atoms with van der Waals surface area (Å²) in [5.74, 6) is 0.432. The predicted molar refractivity (Wildman–Crippen MR) is 134 cm³/mol. The lowest BCUT2D eigenvalue weighted by atomic mass is 9.87. The molecule has 0 aliphatic carbocycles. The summed E-state index contributed by atoms with van der Waals surface area (Å²) in [6.07, 6.45) is 0. The van der Waals surface area contributed by atoms with E-state index in [1.807, 2.05) is 12.1 Å². The lowest BCUT2D eigenvalue weighted by Crippen LogP contribution is -2.58. The molecule has 5 heteroatoms. The number of benzene rings is 3. The average molecular weight is 464 g/mol. The minimum atomic E-state index is 0.432. The van der Waals surface area contributed by atoms with Crippen LogP contribution in [-0.2, 0) is 6.54 Å². The van der Waals surface area contributed by atoms with Gasteiger partial charge >= 0.3 is 0 Å². The van der Waals surface area contributed by atoms with E-state index in [0.717, 1.165) is 38.3 Å². The van der Waals surface area contributed by atoms with Gasteiger partial charge in [0.1, 0.15) is 0 Å². The van der Waals surface area contributed by atoms with Crippen LogP contribution in [0, 0.1) is 5.92 Å². The molecule has 5 rings (SSSR count). The highest BCUT2D eigenvalue weighted by Gasteiger charge is 2.33. The van der Waals surface area contributed by atoms with Crippen LogP contribution in [0.4, 0.5) is 0 Å². The van der Waals surface area contributed by atoms with Crippen LogP contribution in [0.25, 0.3) is 16.7 Å². The molecule has 1 saturated heterocycles. The Labute approximate surface area is 200 Å². The van der Waals surface area contributed by atoms with Crippen LogP contribution in [-0.4, -0.2) is 36.2 Å². The molecule has 2 heterocycles. The summed E-state index contributed by atoms with van der Waals surface area (Å²) < 4.78 is 0. The van der Waals surface area contributed by atoms with Crippen molar-refractivity contribution in [3.63, 3.8) is 0 Å². The molecule has 0 aromatic heterocycles. The summed E-state index contributed by atoms with van der Waals surface area (Å²) in [6, 6.07) is 25.4. The minimum Gasteiger partial charge on any atom is -0.311 e. The number of nitrogens with zero attached hydrogens (tertiary/aromatic N) is 2. The van der Waals surface area contributed by atoms with Gasteiger partial charge in [0.05, 0.1) is 10.0 Å². The molecule has 0 amide bonds. The molecule has 32 heavy (non-hydrogen) atoms. The van der Waals surface area contributed by atoms with Gasteiger partial charge in [-0.25, -0.2) is 5.01 Å². The number of hydrogen-bond donors (Lipinski definition) is 1. The molecule has 3 nitrogen and oxygen atoms in total. The molecule has 1 fully saturated rings. The Bertz CT molecular complexity index is 1140. The second kappa shape index (κ2) is 9.29. The monoisotopic (exact) mass is 463 g/mol. The SMILES string of the molecule is CC1CNCC(N2CCN2Cc2cccc(Cl)c2Cl)=C1c1cccc(-c2ccccc2)c1. The highest BCUT2D eigenvalue weighted by molar-refractivity contribution is 6.42. The quantitative estimate of drug-likeness (QED) is 0.475. The topological polar surface area (TPSA) is 18.5 Å². The van der Waals surface area contributed by atoms with Crippen LogP contribution < -0.4 is 5.32 Å². The van der Waals surface area contributed by atoms with E-state index in [2.05, 4.69) is 82.9 Å². The Kier molecular flexibility index (Phi) is 6.25. The Morgan fingerprint density at radius 3 is 2.41 bits per heavy atom. The van der Waals surface area contributed by atoms with Gasteiger partial charge in [0, 0.05) is 38.4 Å². The van der Waals surface area contributed by atoms with E-state index in [0.29, 0.717) is 16.0 Å². The van der Waals surface area contributed by atoms with Gasteiger partial charge in [-0.05, 0) is 45.9 Å². The molecule has 1 N–H and O–H groups in total. The van der Waals surface area contributed by atoms with Crippen molar-refractivity contribution in [2.75, 3.05) is 26.2 Å². The first kappa shape index (κ1) is 21.5. The van der Waals surface area contributed by atoms with Crippen molar-refractivity contribution < 1.29 is 0 Å². The molecule has 2 aliphatic rings.